The molecule has 0 spiro atoms. The number of halogens is 2. The highest BCUT2D eigenvalue weighted by atomic mass is 35.5. The number of thioether (sulfide) groups is 1. The van der Waals surface area contributed by atoms with Crippen LogP contribution in [0, 0.1) is 13.8 Å². The summed E-state index contributed by atoms with van der Waals surface area (Å²) in [7, 11) is 0. The molecule has 174 valence electrons. The molecule has 32 heavy (non-hydrogen) atoms. The van der Waals surface area contributed by atoms with Gasteiger partial charge in [-0.15, -0.1) is 11.8 Å². The molecule has 4 nitrogen and oxygen atoms in total. The summed E-state index contributed by atoms with van der Waals surface area (Å²) in [4.78, 5) is 27.8. The lowest BCUT2D eigenvalue weighted by Gasteiger charge is -2.31. The van der Waals surface area contributed by atoms with Crippen molar-refractivity contribution < 1.29 is 9.59 Å². The molecule has 0 aliphatic carbocycles. The van der Waals surface area contributed by atoms with Gasteiger partial charge in [0.05, 0.1) is 5.75 Å². The van der Waals surface area contributed by atoms with Gasteiger partial charge in [-0.25, -0.2) is 0 Å². The zero-order valence-electron chi connectivity index (χ0n) is 19.2. The van der Waals surface area contributed by atoms with Gasteiger partial charge in [0.25, 0.3) is 0 Å². The van der Waals surface area contributed by atoms with Crippen LogP contribution in [-0.2, 0) is 21.9 Å². The molecule has 0 aliphatic heterocycles. The summed E-state index contributed by atoms with van der Waals surface area (Å²) in [6, 6.07) is 11.1. The number of rotatable bonds is 11. The topological polar surface area (TPSA) is 49.4 Å². The molecule has 2 aromatic carbocycles. The first kappa shape index (κ1) is 26.6. The van der Waals surface area contributed by atoms with Crippen LogP contribution in [0.5, 0.6) is 0 Å². The van der Waals surface area contributed by atoms with Gasteiger partial charge in [0.15, 0.2) is 0 Å². The van der Waals surface area contributed by atoms with Crippen molar-refractivity contribution >= 4 is 46.8 Å². The molecule has 2 aromatic rings. The van der Waals surface area contributed by atoms with Gasteiger partial charge >= 0.3 is 0 Å². The van der Waals surface area contributed by atoms with Crippen molar-refractivity contribution in [3.8, 4) is 0 Å². The Hall–Kier alpha value is -1.69. The lowest BCUT2D eigenvalue weighted by molar-refractivity contribution is -0.139. The van der Waals surface area contributed by atoms with E-state index < -0.39 is 6.04 Å². The van der Waals surface area contributed by atoms with E-state index in [-0.39, 0.29) is 24.1 Å². The van der Waals surface area contributed by atoms with Crippen molar-refractivity contribution in [2.24, 2.45) is 0 Å². The number of carbonyl (C=O) groups is 2. The van der Waals surface area contributed by atoms with Crippen molar-refractivity contribution in [2.45, 2.75) is 58.9 Å². The van der Waals surface area contributed by atoms with Gasteiger partial charge in [-0.05, 0) is 44.4 Å². The van der Waals surface area contributed by atoms with Gasteiger partial charge in [0.1, 0.15) is 6.04 Å². The Morgan fingerprint density at radius 2 is 1.69 bits per heavy atom. The molecule has 1 atom stereocenters. The van der Waals surface area contributed by atoms with E-state index in [4.69, 9.17) is 23.2 Å². The highest BCUT2D eigenvalue weighted by molar-refractivity contribution is 7.99. The predicted octanol–water partition coefficient (Wildman–Crippen LogP) is 6.18. The van der Waals surface area contributed by atoms with Gasteiger partial charge in [-0.1, -0.05) is 72.4 Å². The van der Waals surface area contributed by atoms with Crippen molar-refractivity contribution in [2.75, 3.05) is 12.3 Å². The molecule has 7 heteroatoms. The van der Waals surface area contributed by atoms with Crippen LogP contribution in [0.4, 0.5) is 0 Å². The molecule has 0 saturated carbocycles. The van der Waals surface area contributed by atoms with E-state index in [1.54, 1.807) is 34.9 Å². The van der Waals surface area contributed by atoms with Gasteiger partial charge in [-0.3, -0.25) is 9.59 Å². The number of amides is 2. The third-order valence-electron chi connectivity index (χ3n) is 5.10. The van der Waals surface area contributed by atoms with E-state index in [9.17, 15) is 9.59 Å². The van der Waals surface area contributed by atoms with Gasteiger partial charge in [0, 0.05) is 34.5 Å². The standard InChI is InChI=1S/C25H32Cl2N2O2S/c1-5-10-28-25(31)23(6-2)29(14-20-21(26)8-7-9-22(20)27)24(30)16-32-15-19-12-17(3)11-18(4)13-19/h7-9,11-13,23H,5-6,10,14-16H2,1-4H3,(H,28,31)/t23-/m1/s1. The van der Waals surface area contributed by atoms with Gasteiger partial charge < -0.3 is 10.2 Å². The molecule has 0 unspecified atom stereocenters. The summed E-state index contributed by atoms with van der Waals surface area (Å²) in [5.41, 5.74) is 4.26. The molecule has 0 aliphatic rings. The average Bonchev–Trinajstić information content (AvgIpc) is 2.73. The Morgan fingerprint density at radius 1 is 1.06 bits per heavy atom. The fourth-order valence-corrected chi connectivity index (χ4v) is 4.99. The quantitative estimate of drug-likeness (QED) is 0.405. The summed E-state index contributed by atoms with van der Waals surface area (Å²) in [6.45, 7) is 8.82. The maximum atomic E-state index is 13.3. The monoisotopic (exact) mass is 494 g/mol. The van der Waals surface area contributed by atoms with E-state index in [1.807, 2.05) is 13.8 Å². The van der Waals surface area contributed by atoms with Crippen molar-refractivity contribution in [3.05, 3.63) is 68.7 Å². The average molecular weight is 496 g/mol. The zero-order chi connectivity index (χ0) is 23.7. The first-order valence-electron chi connectivity index (χ1n) is 10.9. The second-order valence-electron chi connectivity index (χ2n) is 7.93. The Labute approximate surface area is 206 Å². The van der Waals surface area contributed by atoms with E-state index in [0.29, 0.717) is 28.6 Å². The van der Waals surface area contributed by atoms with E-state index in [2.05, 4.69) is 37.4 Å². The second kappa shape index (κ2) is 13.1. The van der Waals surface area contributed by atoms with Crippen molar-refractivity contribution in [1.82, 2.24) is 10.2 Å². The lowest BCUT2D eigenvalue weighted by atomic mass is 10.1. The molecule has 0 fully saturated rings. The summed E-state index contributed by atoms with van der Waals surface area (Å²) < 4.78 is 0. The SMILES string of the molecule is CCCNC(=O)[C@@H](CC)N(Cc1c(Cl)cccc1Cl)C(=O)CSCc1cc(C)cc(C)c1. The van der Waals surface area contributed by atoms with Crippen LogP contribution in [0.15, 0.2) is 36.4 Å². The van der Waals surface area contributed by atoms with Crippen molar-refractivity contribution in [3.63, 3.8) is 0 Å². The van der Waals surface area contributed by atoms with Crippen molar-refractivity contribution in [1.29, 1.82) is 0 Å². The summed E-state index contributed by atoms with van der Waals surface area (Å²) in [6.07, 6.45) is 1.34. The highest BCUT2D eigenvalue weighted by Crippen LogP contribution is 2.27. The predicted molar refractivity (Wildman–Crippen MR) is 136 cm³/mol. The molecule has 1 N–H and O–H groups in total. The number of nitrogens with one attached hydrogen (secondary N) is 1. The van der Waals surface area contributed by atoms with Crippen LogP contribution >= 0.6 is 35.0 Å². The summed E-state index contributed by atoms with van der Waals surface area (Å²) >= 11 is 14.3. The lowest BCUT2D eigenvalue weighted by Crippen LogP contribution is -2.49. The number of aryl methyl sites for hydroxylation is 2. The second-order valence-corrected chi connectivity index (χ2v) is 9.73. The number of benzene rings is 2. The van der Waals surface area contributed by atoms with Crippen LogP contribution in [0.25, 0.3) is 0 Å². The first-order valence-corrected chi connectivity index (χ1v) is 12.8. The van der Waals surface area contributed by atoms with Crippen LogP contribution in [0.2, 0.25) is 10.0 Å². The maximum Gasteiger partial charge on any atom is 0.242 e. The Bertz CT molecular complexity index is 896. The number of nitrogens with zero attached hydrogens (tertiary/aromatic N) is 1. The zero-order valence-corrected chi connectivity index (χ0v) is 21.5. The third kappa shape index (κ3) is 7.72. The molecule has 2 amide bonds. The van der Waals surface area contributed by atoms with Crippen LogP contribution in [-0.4, -0.2) is 35.1 Å². The molecule has 2 rings (SSSR count). The minimum atomic E-state index is -0.580. The molecule has 0 aromatic heterocycles. The Morgan fingerprint density at radius 3 is 2.25 bits per heavy atom. The van der Waals surface area contributed by atoms with Gasteiger partial charge in [-0.2, -0.15) is 0 Å². The van der Waals surface area contributed by atoms with Crippen LogP contribution in [0.3, 0.4) is 0 Å². The van der Waals surface area contributed by atoms with E-state index in [1.165, 1.54) is 16.7 Å². The smallest absolute Gasteiger partial charge is 0.242 e. The molecule has 0 radical (unpaired) electrons. The largest absolute Gasteiger partial charge is 0.354 e. The summed E-state index contributed by atoms with van der Waals surface area (Å²) in [5.74, 6) is 0.750. The number of hydrogen-bond acceptors (Lipinski definition) is 3. The van der Waals surface area contributed by atoms with E-state index in [0.717, 1.165) is 12.2 Å². The minimum absolute atomic E-state index is 0.103. The Balaban J connectivity index is 2.19. The normalized spacial score (nSPS) is 11.8. The fraction of sp³-hybridized carbons (Fsp3) is 0.440. The third-order valence-corrected chi connectivity index (χ3v) is 6.80. The molecular formula is C25H32Cl2N2O2S. The molecular weight excluding hydrogens is 463 g/mol. The summed E-state index contributed by atoms with van der Waals surface area (Å²) in [5, 5.41) is 3.90. The Kier molecular flexibility index (Phi) is 10.9. The number of hydrogen-bond donors (Lipinski definition) is 1. The minimum Gasteiger partial charge on any atom is -0.354 e. The molecule has 0 heterocycles. The molecule has 0 bridgehead atoms. The highest BCUT2D eigenvalue weighted by Gasteiger charge is 2.29. The maximum absolute atomic E-state index is 13.3. The first-order chi connectivity index (χ1) is 15.3. The molecule has 0 saturated heterocycles. The van der Waals surface area contributed by atoms with Crippen LogP contribution < -0.4 is 5.32 Å². The van der Waals surface area contributed by atoms with Crippen LogP contribution in [0.1, 0.15) is 48.9 Å². The van der Waals surface area contributed by atoms with E-state index >= 15 is 0 Å². The number of carbonyl (C=O) groups excluding carboxylic acids is 2. The van der Waals surface area contributed by atoms with Gasteiger partial charge in [0.2, 0.25) is 11.8 Å². The fourth-order valence-electron chi connectivity index (χ4n) is 3.63.